The molecule has 0 aromatic rings. The van der Waals surface area contributed by atoms with E-state index in [2.05, 4.69) is 11.6 Å². The highest BCUT2D eigenvalue weighted by Gasteiger charge is 2.20. The lowest BCUT2D eigenvalue weighted by Crippen LogP contribution is -1.98. The van der Waals surface area contributed by atoms with Gasteiger partial charge in [0.1, 0.15) is 6.35 Å². The molecule has 0 atom stereocenters. The monoisotopic (exact) mass is 400 g/mol. The molecule has 2 N–H and O–H groups in total. The fraction of sp³-hybridized carbons (Fsp3) is 0.909. The van der Waals surface area contributed by atoms with Crippen molar-refractivity contribution in [2.75, 3.05) is 39.4 Å². The molecule has 9 nitrogen and oxygen atoms in total. The van der Waals surface area contributed by atoms with E-state index in [1.807, 2.05) is 0 Å². The van der Waals surface area contributed by atoms with E-state index >= 15 is 0 Å². The van der Waals surface area contributed by atoms with Gasteiger partial charge in [-0.1, -0.05) is 0 Å². The highest BCUT2D eigenvalue weighted by molar-refractivity contribution is 7.53. The lowest BCUT2D eigenvalue weighted by Gasteiger charge is -2.12. The molecular weight excluding hydrogens is 374 g/mol. The minimum atomic E-state index is -3.14. The van der Waals surface area contributed by atoms with Gasteiger partial charge in [-0.3, -0.25) is 9.13 Å². The second-order valence-electron chi connectivity index (χ2n) is 3.45. The van der Waals surface area contributed by atoms with Gasteiger partial charge in [-0.2, -0.15) is 0 Å². The number of aliphatic hydroxyl groups excluding tert-OH is 1. The van der Waals surface area contributed by atoms with Gasteiger partial charge in [0.15, 0.2) is 0 Å². The molecule has 142 valence electrons. The smallest absolute Gasteiger partial charge is 0.401 e. The Hall–Kier alpha value is 0.0200. The Morgan fingerprint density at radius 1 is 0.913 bits per heavy atom. The van der Waals surface area contributed by atoms with E-state index in [-0.39, 0.29) is 13.2 Å². The van der Waals surface area contributed by atoms with Crippen molar-refractivity contribution in [1.29, 1.82) is 0 Å². The molecule has 0 heterocycles. The average Bonchev–Trinajstić information content (AvgIpc) is 2.39. The molecule has 0 radical (unpaired) electrons. The van der Waals surface area contributed by atoms with Gasteiger partial charge in [0, 0.05) is 18.3 Å². The summed E-state index contributed by atoms with van der Waals surface area (Å²) in [6, 6.07) is 0. The van der Waals surface area contributed by atoms with Crippen molar-refractivity contribution in [3.63, 3.8) is 0 Å². The molecule has 23 heavy (non-hydrogen) atoms. The van der Waals surface area contributed by atoms with Crippen LogP contribution in [0.1, 0.15) is 27.7 Å². The normalized spacial score (nSPS) is 10.9. The molecule has 0 unspecified atom stereocenters. The Kier molecular flexibility index (Phi) is 20.4. The van der Waals surface area contributed by atoms with Crippen molar-refractivity contribution < 1.29 is 42.2 Å². The van der Waals surface area contributed by atoms with Crippen LogP contribution in [-0.2, 0) is 27.2 Å². The summed E-state index contributed by atoms with van der Waals surface area (Å²) in [5, 5.41) is 15.7. The Bertz CT molecular complexity index is 355. The maximum atomic E-state index is 11.1. The SMILES string of the molecule is CCOP(=O)(CO)OCC.CCOP(C)(=O)OCC.O=C(O)Cl. The maximum Gasteiger partial charge on any atom is 0.401 e. The molecule has 0 spiro atoms. The third-order valence-corrected chi connectivity index (χ3v) is 4.66. The fourth-order valence-corrected chi connectivity index (χ4v) is 3.06. The van der Waals surface area contributed by atoms with Gasteiger partial charge in [0.2, 0.25) is 0 Å². The van der Waals surface area contributed by atoms with E-state index in [4.69, 9.17) is 33.1 Å². The van der Waals surface area contributed by atoms with Crippen molar-refractivity contribution in [3.8, 4) is 0 Å². The molecule has 0 fully saturated rings. The van der Waals surface area contributed by atoms with Crippen LogP contribution in [0, 0.1) is 0 Å². The minimum absolute atomic E-state index is 0.290. The summed E-state index contributed by atoms with van der Waals surface area (Å²) >= 11 is 4.19. The number of hydrogen-bond acceptors (Lipinski definition) is 8. The van der Waals surface area contributed by atoms with E-state index in [1.54, 1.807) is 27.7 Å². The molecule has 0 saturated carbocycles. The number of hydrogen-bond donors (Lipinski definition) is 2. The Labute approximate surface area is 142 Å². The van der Waals surface area contributed by atoms with E-state index in [0.29, 0.717) is 13.2 Å². The summed E-state index contributed by atoms with van der Waals surface area (Å²) in [5.74, 6) is 0. The first-order chi connectivity index (χ1) is 10.5. The van der Waals surface area contributed by atoms with Gasteiger partial charge < -0.3 is 28.3 Å². The third-order valence-electron chi connectivity index (χ3n) is 1.55. The lowest BCUT2D eigenvalue weighted by atomic mass is 10.9. The maximum absolute atomic E-state index is 11.1. The first kappa shape index (κ1) is 27.8. The Balaban J connectivity index is -0.000000284. The van der Waals surface area contributed by atoms with Crippen LogP contribution in [0.2, 0.25) is 0 Å². The summed E-state index contributed by atoms with van der Waals surface area (Å²) < 4.78 is 41.1. The Morgan fingerprint density at radius 2 is 1.17 bits per heavy atom. The predicted octanol–water partition coefficient (Wildman–Crippen LogP) is 3.99. The molecule has 0 saturated heterocycles. The van der Waals surface area contributed by atoms with Gasteiger partial charge in [0.25, 0.3) is 0 Å². The van der Waals surface area contributed by atoms with Crippen molar-refractivity contribution in [3.05, 3.63) is 0 Å². The zero-order valence-corrected chi connectivity index (χ0v) is 16.6. The molecule has 0 amide bonds. The number of aliphatic hydroxyl groups is 1. The van der Waals surface area contributed by atoms with Gasteiger partial charge in [0.05, 0.1) is 26.4 Å². The molecule has 0 aromatic heterocycles. The zero-order chi connectivity index (χ0) is 18.9. The quantitative estimate of drug-likeness (QED) is 0.436. The van der Waals surface area contributed by atoms with E-state index < -0.39 is 27.0 Å². The standard InChI is InChI=1S/C5H13O4P.C5H13O3P.CHClO2/c1-3-8-10(7,5-6)9-4-2;1-4-7-9(3,6)8-5-2;2-1(3)4/h6H,3-5H2,1-2H3;4-5H2,1-3H3;(H,3,4). The zero-order valence-electron chi connectivity index (χ0n) is 14.1. The van der Waals surface area contributed by atoms with E-state index in [1.165, 1.54) is 6.66 Å². The highest BCUT2D eigenvalue weighted by Crippen LogP contribution is 2.46. The molecule has 0 rings (SSSR count). The van der Waals surface area contributed by atoms with Gasteiger partial charge >= 0.3 is 20.6 Å². The van der Waals surface area contributed by atoms with Crippen molar-refractivity contribution in [2.45, 2.75) is 27.7 Å². The van der Waals surface area contributed by atoms with Gasteiger partial charge in [-0.15, -0.1) is 0 Å². The van der Waals surface area contributed by atoms with Crippen LogP contribution in [0.15, 0.2) is 0 Å². The van der Waals surface area contributed by atoms with Crippen LogP contribution in [0.4, 0.5) is 4.79 Å². The molecule has 12 heteroatoms. The first-order valence-corrected chi connectivity index (χ1v) is 10.9. The van der Waals surface area contributed by atoms with Crippen LogP contribution >= 0.6 is 26.8 Å². The van der Waals surface area contributed by atoms with Crippen LogP contribution in [-0.4, -0.2) is 55.1 Å². The highest BCUT2D eigenvalue weighted by atomic mass is 35.5. The second-order valence-corrected chi connectivity index (χ2v) is 7.85. The summed E-state index contributed by atoms with van der Waals surface area (Å²) in [7, 11) is -5.84. The van der Waals surface area contributed by atoms with E-state index in [0.717, 1.165) is 0 Å². The number of carboxylic acid groups (broad SMARTS) is 1. The molecule has 0 aliphatic heterocycles. The van der Waals surface area contributed by atoms with Crippen molar-refractivity contribution in [1.82, 2.24) is 0 Å². The fourth-order valence-electron chi connectivity index (χ4n) is 1.02. The number of carbonyl (C=O) groups is 1. The van der Waals surface area contributed by atoms with Gasteiger partial charge in [-0.05, 0) is 27.7 Å². The largest absolute Gasteiger partial charge is 0.469 e. The Morgan fingerprint density at radius 3 is 1.35 bits per heavy atom. The molecule has 0 aliphatic rings. The van der Waals surface area contributed by atoms with Crippen molar-refractivity contribution >= 4 is 32.2 Å². The molecule has 0 aliphatic carbocycles. The number of halogens is 1. The van der Waals surface area contributed by atoms with Crippen molar-refractivity contribution in [2.24, 2.45) is 0 Å². The topological polar surface area (TPSA) is 129 Å². The summed E-state index contributed by atoms with van der Waals surface area (Å²) in [6.45, 7) is 9.89. The van der Waals surface area contributed by atoms with Crippen LogP contribution in [0.25, 0.3) is 0 Å². The molecular formula is C11H27ClO9P2. The van der Waals surface area contributed by atoms with E-state index in [9.17, 15) is 9.13 Å². The summed E-state index contributed by atoms with van der Waals surface area (Å²) in [4.78, 5) is 8.77. The lowest BCUT2D eigenvalue weighted by molar-refractivity contribution is 0.191. The first-order valence-electron chi connectivity index (χ1n) is 6.77. The second kappa shape index (κ2) is 16.9. The number of rotatable bonds is 9. The molecule has 0 aromatic carbocycles. The van der Waals surface area contributed by atoms with Crippen LogP contribution < -0.4 is 0 Å². The average molecular weight is 401 g/mol. The minimum Gasteiger partial charge on any atom is -0.469 e. The molecule has 0 bridgehead atoms. The summed E-state index contributed by atoms with van der Waals surface area (Å²) in [6.07, 6.45) is -0.547. The van der Waals surface area contributed by atoms with Crippen LogP contribution in [0.3, 0.4) is 0 Å². The van der Waals surface area contributed by atoms with Gasteiger partial charge in [-0.25, -0.2) is 4.79 Å². The van der Waals surface area contributed by atoms with Crippen LogP contribution in [0.5, 0.6) is 0 Å². The predicted molar refractivity (Wildman–Crippen MR) is 88.6 cm³/mol. The summed E-state index contributed by atoms with van der Waals surface area (Å²) in [5.41, 5.74) is -1.36. The third kappa shape index (κ3) is 24.4.